The summed E-state index contributed by atoms with van der Waals surface area (Å²) >= 11 is 5.77. The van der Waals surface area contributed by atoms with Crippen molar-refractivity contribution in [3.63, 3.8) is 0 Å². The predicted molar refractivity (Wildman–Crippen MR) is 126 cm³/mol. The van der Waals surface area contributed by atoms with Crippen LogP contribution in [0.2, 0.25) is 5.15 Å². The number of hydrogen-bond acceptors (Lipinski definition) is 6. The van der Waals surface area contributed by atoms with Crippen LogP contribution in [0.15, 0.2) is 24.0 Å². The molecule has 1 aromatic rings. The molecule has 5 N–H and O–H groups in total. The lowest BCUT2D eigenvalue weighted by Gasteiger charge is -2.41. The van der Waals surface area contributed by atoms with E-state index in [0.717, 1.165) is 18.3 Å². The Bertz CT molecular complexity index is 1130. The lowest BCUT2D eigenvalue weighted by Crippen LogP contribution is -2.54. The smallest absolute Gasteiger partial charge is 0.394 e. The van der Waals surface area contributed by atoms with Crippen molar-refractivity contribution in [1.29, 1.82) is 5.41 Å². The van der Waals surface area contributed by atoms with Gasteiger partial charge in [0.1, 0.15) is 5.15 Å². The first-order chi connectivity index (χ1) is 17.2. The second-order valence-electron chi connectivity index (χ2n) is 10.2. The third-order valence-electron chi connectivity index (χ3n) is 7.69. The minimum Gasteiger partial charge on any atom is -0.394 e. The van der Waals surface area contributed by atoms with Crippen molar-refractivity contribution in [3.05, 3.63) is 40.6 Å². The number of carbonyl (C=O) groups excluding carboxylic acids is 2. The normalized spacial score (nSPS) is 27.6. The van der Waals surface area contributed by atoms with Crippen LogP contribution in [0.5, 0.6) is 0 Å². The zero-order valence-corrected chi connectivity index (χ0v) is 20.6. The van der Waals surface area contributed by atoms with Crippen LogP contribution >= 0.6 is 11.6 Å². The first-order valence-corrected chi connectivity index (χ1v) is 12.4. The Morgan fingerprint density at radius 2 is 1.89 bits per heavy atom. The first-order valence-electron chi connectivity index (χ1n) is 12.0. The molecular weight excluding hydrogens is 518 g/mol. The second kappa shape index (κ2) is 9.86. The number of alkyl halides is 3. The van der Waals surface area contributed by atoms with E-state index in [1.54, 1.807) is 4.90 Å². The predicted octanol–water partition coefficient (Wildman–Crippen LogP) is 3.21. The van der Waals surface area contributed by atoms with Gasteiger partial charge in [0.25, 0.3) is 5.91 Å². The van der Waals surface area contributed by atoms with Crippen molar-refractivity contribution < 1.29 is 32.3 Å². The number of nitrogens with one attached hydrogen (secondary N) is 2. The van der Waals surface area contributed by atoms with Crippen LogP contribution < -0.4 is 11.1 Å². The Kier molecular flexibility index (Phi) is 7.28. The minimum atomic E-state index is -4.70. The highest BCUT2D eigenvalue weighted by Gasteiger charge is 2.56. The maximum atomic E-state index is 14.0. The summed E-state index contributed by atoms with van der Waals surface area (Å²) < 4.78 is 53.1. The van der Waals surface area contributed by atoms with Gasteiger partial charge in [-0.05, 0) is 63.5 Å². The number of rotatable bonds is 5. The number of amides is 2. The Morgan fingerprint density at radius 1 is 1.24 bits per heavy atom. The molecule has 2 amide bonds. The summed E-state index contributed by atoms with van der Waals surface area (Å²) in [7, 11) is 0. The molecule has 202 valence electrons. The van der Waals surface area contributed by atoms with Crippen LogP contribution in [0.25, 0.3) is 0 Å². The van der Waals surface area contributed by atoms with Gasteiger partial charge < -0.3 is 26.5 Å². The van der Waals surface area contributed by atoms with Crippen LogP contribution in [0.3, 0.4) is 0 Å². The maximum absolute atomic E-state index is 14.0. The molecule has 1 aliphatic heterocycles. The molecule has 8 nitrogen and oxygen atoms in total. The molecule has 1 saturated heterocycles. The summed E-state index contributed by atoms with van der Waals surface area (Å²) in [4.78, 5) is 31.2. The van der Waals surface area contributed by atoms with Crippen molar-refractivity contribution in [1.82, 2.24) is 15.2 Å². The third-order valence-corrected chi connectivity index (χ3v) is 7.90. The number of nitrogens with two attached hydrogens (primary N) is 1. The van der Waals surface area contributed by atoms with Gasteiger partial charge in [0.05, 0.1) is 17.6 Å². The molecule has 0 unspecified atom stereocenters. The number of pyridine rings is 1. The molecule has 1 atom stereocenters. The van der Waals surface area contributed by atoms with Gasteiger partial charge >= 0.3 is 6.18 Å². The number of hydrogen-bond donors (Lipinski definition) is 4. The lowest BCUT2D eigenvalue weighted by atomic mass is 9.81. The molecule has 2 saturated carbocycles. The minimum absolute atomic E-state index is 0.0130. The summed E-state index contributed by atoms with van der Waals surface area (Å²) in [6.45, 7) is 0.243. The quantitative estimate of drug-likeness (QED) is 0.195. The largest absolute Gasteiger partial charge is 0.417 e. The van der Waals surface area contributed by atoms with Crippen molar-refractivity contribution in [3.8, 4) is 0 Å². The van der Waals surface area contributed by atoms with Crippen molar-refractivity contribution in [2.75, 3.05) is 6.54 Å². The monoisotopic (exact) mass is 545 g/mol. The van der Waals surface area contributed by atoms with E-state index in [1.165, 1.54) is 0 Å². The zero-order chi connectivity index (χ0) is 27.2. The van der Waals surface area contributed by atoms with E-state index >= 15 is 0 Å². The van der Waals surface area contributed by atoms with Crippen LogP contribution in [0, 0.1) is 17.1 Å². The van der Waals surface area contributed by atoms with Gasteiger partial charge in [-0.1, -0.05) is 11.6 Å². The van der Waals surface area contributed by atoms with Crippen LogP contribution in [0.1, 0.15) is 56.9 Å². The molecule has 0 aromatic carbocycles. The van der Waals surface area contributed by atoms with E-state index in [9.17, 15) is 32.3 Å². The fraction of sp³-hybridized carbons (Fsp3) is 0.583. The average molecular weight is 546 g/mol. The second-order valence-corrected chi connectivity index (χ2v) is 10.6. The molecule has 2 heterocycles. The highest BCUT2D eigenvalue weighted by atomic mass is 35.5. The Morgan fingerprint density at radius 3 is 2.49 bits per heavy atom. The fourth-order valence-corrected chi connectivity index (χ4v) is 5.42. The summed E-state index contributed by atoms with van der Waals surface area (Å²) in [5, 5.41) is 20.7. The average Bonchev–Trinajstić information content (AvgIpc) is 3.59. The van der Waals surface area contributed by atoms with Gasteiger partial charge in [-0.25, -0.2) is 9.37 Å². The zero-order valence-electron chi connectivity index (χ0n) is 19.9. The molecule has 0 bridgehead atoms. The highest BCUT2D eigenvalue weighted by molar-refractivity contribution is 6.30. The van der Waals surface area contributed by atoms with Crippen LogP contribution in [-0.2, 0) is 9.59 Å². The Hall–Kier alpha value is -2.73. The molecule has 2 aliphatic carbocycles. The topological polar surface area (TPSA) is 132 Å². The van der Waals surface area contributed by atoms with Gasteiger partial charge in [0.2, 0.25) is 5.91 Å². The summed E-state index contributed by atoms with van der Waals surface area (Å²) in [6, 6.07) is 0.715. The van der Waals surface area contributed by atoms with Gasteiger partial charge in [-0.2, -0.15) is 13.2 Å². The van der Waals surface area contributed by atoms with Gasteiger partial charge in [0, 0.05) is 29.6 Å². The number of halogens is 5. The van der Waals surface area contributed by atoms with Gasteiger partial charge in [-0.3, -0.25) is 9.59 Å². The molecule has 4 rings (SSSR count). The van der Waals surface area contributed by atoms with Crippen molar-refractivity contribution in [2.24, 2.45) is 11.7 Å². The molecule has 3 aliphatic rings. The standard InChI is InChI=1S/C24H28ClF4N5O3/c25-19-9-15(16(26)12-32-19)17(30)10-18(31)21(36)34-8-3-13(11-22(34)6-7-22)20(35)33-14-1-4-23(37,5-2-14)24(27,28)29/h9-10,12-14,30,37H,1-8,11,31H2,(H,33,35)/t13-,14?,23?/m0/s1. The van der Waals surface area contributed by atoms with E-state index in [4.69, 9.17) is 22.7 Å². The van der Waals surface area contributed by atoms with E-state index < -0.39 is 53.8 Å². The number of piperidine rings is 1. The third kappa shape index (κ3) is 5.59. The molecule has 13 heteroatoms. The maximum Gasteiger partial charge on any atom is 0.417 e. The van der Waals surface area contributed by atoms with E-state index in [0.29, 0.717) is 25.7 Å². The molecule has 0 radical (unpaired) electrons. The number of carbonyl (C=O) groups is 2. The first kappa shape index (κ1) is 27.3. The molecule has 1 spiro atoms. The highest BCUT2D eigenvalue weighted by Crippen LogP contribution is 2.50. The summed E-state index contributed by atoms with van der Waals surface area (Å²) in [6.07, 6.45) is -1.55. The van der Waals surface area contributed by atoms with E-state index in [1.807, 2.05) is 0 Å². The van der Waals surface area contributed by atoms with Crippen molar-refractivity contribution >= 4 is 29.1 Å². The molecule has 3 fully saturated rings. The fourth-order valence-electron chi connectivity index (χ4n) is 5.26. The number of nitrogens with zero attached hydrogens (tertiary/aromatic N) is 2. The SMILES string of the molecule is N=C(C=C(N)C(=O)N1CC[C@H](C(=O)NC2CCC(O)(C(F)(F)F)CC2)CC12CC2)c1cc(Cl)ncc1F. The Labute approximate surface area is 215 Å². The Balaban J connectivity index is 1.35. The van der Waals surface area contributed by atoms with E-state index in [2.05, 4.69) is 10.3 Å². The van der Waals surface area contributed by atoms with E-state index in [-0.39, 0.29) is 47.4 Å². The van der Waals surface area contributed by atoms with Crippen LogP contribution in [-0.4, -0.2) is 62.4 Å². The summed E-state index contributed by atoms with van der Waals surface area (Å²) in [5.74, 6) is -1.97. The van der Waals surface area contributed by atoms with Crippen molar-refractivity contribution in [2.45, 2.75) is 74.7 Å². The molecular formula is C24H28ClF4N5O3. The molecule has 1 aromatic heterocycles. The van der Waals surface area contributed by atoms with Crippen LogP contribution in [0.4, 0.5) is 17.6 Å². The lowest BCUT2D eigenvalue weighted by molar-refractivity contribution is -0.270. The number of likely N-dealkylation sites (tertiary alicyclic amines) is 1. The van der Waals surface area contributed by atoms with Gasteiger partial charge in [0.15, 0.2) is 11.4 Å². The van der Waals surface area contributed by atoms with Gasteiger partial charge in [-0.15, -0.1) is 0 Å². The summed E-state index contributed by atoms with van der Waals surface area (Å²) in [5.41, 5.74) is 1.98. The number of aromatic nitrogens is 1. The number of allylic oxidation sites excluding steroid dienone is 1. The number of aliphatic hydroxyl groups is 1. The molecule has 37 heavy (non-hydrogen) atoms.